The summed E-state index contributed by atoms with van der Waals surface area (Å²) >= 11 is 0. The van der Waals surface area contributed by atoms with Crippen LogP contribution in [0.15, 0.2) is 66.7 Å². The van der Waals surface area contributed by atoms with Gasteiger partial charge in [-0.25, -0.2) is 0 Å². The van der Waals surface area contributed by atoms with Crippen molar-refractivity contribution >= 4 is 18.3 Å². The summed E-state index contributed by atoms with van der Waals surface area (Å²) in [4.78, 5) is 15.4. The zero-order chi connectivity index (χ0) is 21.8. The van der Waals surface area contributed by atoms with Gasteiger partial charge in [0.2, 0.25) is 0 Å². The van der Waals surface area contributed by atoms with Crippen LogP contribution in [0.2, 0.25) is 0 Å². The Kier molecular flexibility index (Phi) is 7.94. The lowest BCUT2D eigenvalue weighted by molar-refractivity contribution is 0.0712. The molecule has 1 amide bonds. The molecule has 0 unspecified atom stereocenters. The van der Waals surface area contributed by atoms with E-state index in [0.29, 0.717) is 12.5 Å². The molecule has 1 heterocycles. The van der Waals surface area contributed by atoms with E-state index in [0.717, 1.165) is 60.2 Å². The number of carbonyl (C=O) groups excluding carboxylic acids is 1. The first-order valence-electron chi connectivity index (χ1n) is 11.1. The molecule has 0 bridgehead atoms. The van der Waals surface area contributed by atoms with Crippen molar-refractivity contribution in [2.24, 2.45) is 5.73 Å². The molecule has 168 valence electrons. The second-order valence-corrected chi connectivity index (χ2v) is 8.25. The Bertz CT molecular complexity index is 1060. The lowest BCUT2D eigenvalue weighted by atomic mass is 9.88. The third kappa shape index (κ3) is 4.98. The summed E-state index contributed by atoms with van der Waals surface area (Å²) < 4.78 is 0. The van der Waals surface area contributed by atoms with Crippen LogP contribution in [0, 0.1) is 0 Å². The van der Waals surface area contributed by atoms with Gasteiger partial charge in [-0.2, -0.15) is 0 Å². The number of likely N-dealkylation sites (tertiary alicyclic amines) is 1. The second kappa shape index (κ2) is 10.7. The molecule has 3 aromatic rings. The molecule has 0 aromatic heterocycles. The van der Waals surface area contributed by atoms with Gasteiger partial charge in [0.05, 0.1) is 0 Å². The minimum absolute atomic E-state index is 0. The Morgan fingerprint density at radius 2 is 1.72 bits per heavy atom. The average Bonchev–Trinajstić information content (AvgIpc) is 2.83. The van der Waals surface area contributed by atoms with Crippen LogP contribution in [-0.4, -0.2) is 29.0 Å². The fraction of sp³-hybridized carbons (Fsp3) is 0.296. The molecule has 3 N–H and O–H groups in total. The molecule has 1 aliphatic rings. The predicted octanol–water partition coefficient (Wildman–Crippen LogP) is 5.52. The number of carbonyl (C=O) groups is 1. The van der Waals surface area contributed by atoms with Gasteiger partial charge in [-0.1, -0.05) is 55.5 Å². The average molecular weight is 451 g/mol. The van der Waals surface area contributed by atoms with Gasteiger partial charge in [-0.15, -0.1) is 12.4 Å². The normalized spacial score (nSPS) is 14.1. The summed E-state index contributed by atoms with van der Waals surface area (Å²) in [5.41, 5.74) is 12.2. The van der Waals surface area contributed by atoms with Crippen LogP contribution in [0.5, 0.6) is 5.75 Å². The molecule has 0 saturated carbocycles. The number of phenols is 1. The van der Waals surface area contributed by atoms with Crippen molar-refractivity contribution in [2.45, 2.75) is 38.6 Å². The molecular weight excluding hydrogens is 420 g/mol. The number of aromatic hydroxyl groups is 1. The van der Waals surface area contributed by atoms with Crippen molar-refractivity contribution in [3.63, 3.8) is 0 Å². The number of benzene rings is 3. The van der Waals surface area contributed by atoms with Gasteiger partial charge in [0.1, 0.15) is 5.75 Å². The van der Waals surface area contributed by atoms with Crippen LogP contribution in [0.25, 0.3) is 11.1 Å². The maximum absolute atomic E-state index is 13.4. The standard InChI is InChI=1S/C27H30N2O2.ClH/c1-2-24-25(21-9-11-23(30)12-10-21)7-4-8-26(24)27(31)29-15-13-20(14-16-29)22-6-3-5-19(17-22)18-28;/h3-12,17,20,30H,2,13-16,18,28H2,1H3;1H. The fourth-order valence-electron chi connectivity index (χ4n) is 4.64. The molecule has 1 fully saturated rings. The Balaban J connectivity index is 0.00000289. The topological polar surface area (TPSA) is 66.6 Å². The molecule has 1 saturated heterocycles. The predicted molar refractivity (Wildman–Crippen MR) is 132 cm³/mol. The highest BCUT2D eigenvalue weighted by molar-refractivity contribution is 5.97. The molecule has 32 heavy (non-hydrogen) atoms. The summed E-state index contributed by atoms with van der Waals surface area (Å²) in [5, 5.41) is 9.61. The van der Waals surface area contributed by atoms with Gasteiger partial charge in [0.25, 0.3) is 5.91 Å². The van der Waals surface area contributed by atoms with Gasteiger partial charge in [0.15, 0.2) is 0 Å². The number of amides is 1. The van der Waals surface area contributed by atoms with Crippen LogP contribution in [0.4, 0.5) is 0 Å². The monoisotopic (exact) mass is 450 g/mol. The summed E-state index contributed by atoms with van der Waals surface area (Å²) in [5.74, 6) is 0.838. The van der Waals surface area contributed by atoms with Gasteiger partial charge in [0, 0.05) is 25.2 Å². The lowest BCUT2D eigenvalue weighted by Crippen LogP contribution is -2.38. The third-order valence-corrected chi connectivity index (χ3v) is 6.38. The molecule has 0 atom stereocenters. The Hall–Kier alpha value is -2.82. The van der Waals surface area contributed by atoms with E-state index in [1.165, 1.54) is 5.56 Å². The van der Waals surface area contributed by atoms with E-state index in [-0.39, 0.29) is 24.1 Å². The number of hydrogen-bond donors (Lipinski definition) is 2. The number of nitrogens with two attached hydrogens (primary N) is 1. The van der Waals surface area contributed by atoms with Gasteiger partial charge < -0.3 is 15.7 Å². The Morgan fingerprint density at radius 1 is 1.03 bits per heavy atom. The third-order valence-electron chi connectivity index (χ3n) is 6.38. The van der Waals surface area contributed by atoms with Gasteiger partial charge in [-0.05, 0) is 71.2 Å². The zero-order valence-electron chi connectivity index (χ0n) is 18.5. The van der Waals surface area contributed by atoms with Crippen LogP contribution in [0.3, 0.4) is 0 Å². The Labute approximate surface area is 196 Å². The number of nitrogens with zero attached hydrogens (tertiary/aromatic N) is 1. The summed E-state index contributed by atoms with van der Waals surface area (Å²) in [7, 11) is 0. The number of hydrogen-bond acceptors (Lipinski definition) is 3. The van der Waals surface area contributed by atoms with E-state index in [4.69, 9.17) is 5.73 Å². The highest BCUT2D eigenvalue weighted by Gasteiger charge is 2.26. The first kappa shape index (κ1) is 23.8. The molecule has 0 aliphatic carbocycles. The Morgan fingerprint density at radius 3 is 2.38 bits per heavy atom. The largest absolute Gasteiger partial charge is 0.508 e. The molecule has 1 aliphatic heterocycles. The van der Waals surface area contributed by atoms with Crippen molar-refractivity contribution in [1.29, 1.82) is 0 Å². The molecule has 0 radical (unpaired) electrons. The minimum Gasteiger partial charge on any atom is -0.508 e. The molecule has 0 spiro atoms. The number of rotatable bonds is 5. The summed E-state index contributed by atoms with van der Waals surface area (Å²) in [6, 6.07) is 21.7. The maximum atomic E-state index is 13.4. The van der Waals surface area contributed by atoms with Gasteiger partial charge in [-0.3, -0.25) is 4.79 Å². The summed E-state index contributed by atoms with van der Waals surface area (Å²) in [6.45, 7) is 4.18. The quantitative estimate of drug-likeness (QED) is 0.537. The van der Waals surface area contributed by atoms with Crippen LogP contribution < -0.4 is 5.73 Å². The lowest BCUT2D eigenvalue weighted by Gasteiger charge is -2.33. The minimum atomic E-state index is 0. The fourth-order valence-corrected chi connectivity index (χ4v) is 4.64. The first-order valence-corrected chi connectivity index (χ1v) is 11.1. The second-order valence-electron chi connectivity index (χ2n) is 8.25. The smallest absolute Gasteiger partial charge is 0.254 e. The molecule has 3 aromatic carbocycles. The molecule has 4 rings (SSSR count). The molecule has 4 nitrogen and oxygen atoms in total. The van der Waals surface area contributed by atoms with Gasteiger partial charge >= 0.3 is 0 Å². The van der Waals surface area contributed by atoms with Crippen molar-refractivity contribution in [2.75, 3.05) is 13.1 Å². The van der Waals surface area contributed by atoms with Crippen molar-refractivity contribution in [3.8, 4) is 16.9 Å². The highest BCUT2D eigenvalue weighted by atomic mass is 35.5. The van der Waals surface area contributed by atoms with E-state index in [2.05, 4.69) is 37.3 Å². The number of piperidine rings is 1. The number of halogens is 1. The van der Waals surface area contributed by atoms with Crippen molar-refractivity contribution < 1.29 is 9.90 Å². The van der Waals surface area contributed by atoms with Crippen LogP contribution in [0.1, 0.15) is 52.7 Å². The van der Waals surface area contributed by atoms with E-state index in [9.17, 15) is 9.90 Å². The van der Waals surface area contributed by atoms with Crippen LogP contribution in [-0.2, 0) is 13.0 Å². The van der Waals surface area contributed by atoms with E-state index in [1.54, 1.807) is 12.1 Å². The zero-order valence-corrected chi connectivity index (χ0v) is 19.3. The summed E-state index contributed by atoms with van der Waals surface area (Å²) in [6.07, 6.45) is 2.72. The number of phenolic OH excluding ortho intramolecular Hbond substituents is 1. The van der Waals surface area contributed by atoms with E-state index < -0.39 is 0 Å². The maximum Gasteiger partial charge on any atom is 0.254 e. The van der Waals surface area contributed by atoms with E-state index in [1.807, 2.05) is 29.2 Å². The molecule has 5 heteroatoms. The van der Waals surface area contributed by atoms with Crippen LogP contribution >= 0.6 is 12.4 Å². The SMILES string of the molecule is CCc1c(C(=O)N2CCC(c3cccc(CN)c3)CC2)cccc1-c1ccc(O)cc1.Cl. The highest BCUT2D eigenvalue weighted by Crippen LogP contribution is 2.32. The molecular formula is C27H31ClN2O2. The van der Waals surface area contributed by atoms with E-state index >= 15 is 0 Å². The van der Waals surface area contributed by atoms with Crippen molar-refractivity contribution in [1.82, 2.24) is 4.90 Å². The van der Waals surface area contributed by atoms with Crippen molar-refractivity contribution in [3.05, 3.63) is 89.0 Å². The first-order chi connectivity index (χ1) is 15.1.